The molecular weight excluding hydrogens is 580 g/mol. The molecule has 1 N–H and O–H groups in total. The van der Waals surface area contributed by atoms with Gasteiger partial charge in [-0.25, -0.2) is 13.2 Å². The maximum absolute atomic E-state index is 14.3. The summed E-state index contributed by atoms with van der Waals surface area (Å²) in [5.74, 6) is -0.388. The van der Waals surface area contributed by atoms with E-state index in [1.54, 1.807) is 23.1 Å². The van der Waals surface area contributed by atoms with E-state index in [4.69, 9.17) is 4.74 Å². The first kappa shape index (κ1) is 35.3. The smallest absolute Gasteiger partial charge is 0.410 e. The molecule has 3 amide bonds. The number of carbonyl (C=O) groups is 3. The summed E-state index contributed by atoms with van der Waals surface area (Å²) < 4.78 is 32.6. The molecule has 11 heteroatoms. The minimum absolute atomic E-state index is 0.00816. The number of hydrogen-bond donors (Lipinski definition) is 1. The Morgan fingerprint density at radius 2 is 1.82 bits per heavy atom. The van der Waals surface area contributed by atoms with Crippen LogP contribution in [0, 0.1) is 10.8 Å². The van der Waals surface area contributed by atoms with Crippen LogP contribution in [0.4, 0.5) is 4.79 Å². The van der Waals surface area contributed by atoms with Crippen molar-refractivity contribution in [3.63, 3.8) is 0 Å². The van der Waals surface area contributed by atoms with E-state index in [1.807, 2.05) is 25.7 Å². The number of nitrogens with zero attached hydrogens (tertiary/aromatic N) is 3. The van der Waals surface area contributed by atoms with Crippen LogP contribution in [0.1, 0.15) is 77.1 Å². The minimum Gasteiger partial charge on any atom is -0.444 e. The number of benzene rings is 1. The summed E-state index contributed by atoms with van der Waals surface area (Å²) in [6.07, 6.45) is 5.83. The molecule has 2 fully saturated rings. The van der Waals surface area contributed by atoms with Gasteiger partial charge in [0.1, 0.15) is 5.60 Å². The Hall–Kier alpha value is -3.18. The van der Waals surface area contributed by atoms with Crippen LogP contribution in [0.15, 0.2) is 54.5 Å². The van der Waals surface area contributed by atoms with E-state index in [-0.39, 0.29) is 40.5 Å². The van der Waals surface area contributed by atoms with Gasteiger partial charge in [-0.15, -0.1) is 13.2 Å². The number of piperidine rings is 1. The predicted octanol–water partition coefficient (Wildman–Crippen LogP) is 4.83. The number of carbonyl (C=O) groups excluding carboxylic acids is 3. The zero-order chi connectivity index (χ0) is 32.9. The van der Waals surface area contributed by atoms with Gasteiger partial charge in [-0.05, 0) is 76.5 Å². The summed E-state index contributed by atoms with van der Waals surface area (Å²) in [7, 11) is -2.33. The topological polar surface area (TPSA) is 116 Å². The molecule has 2 atom stereocenters. The molecule has 1 aromatic carbocycles. The lowest BCUT2D eigenvalue weighted by atomic mass is 9.74. The van der Waals surface area contributed by atoms with Gasteiger partial charge in [0.05, 0.1) is 10.3 Å². The van der Waals surface area contributed by atoms with Crippen LogP contribution in [0.25, 0.3) is 0 Å². The molecule has 2 heterocycles. The molecule has 0 radical (unpaired) electrons. The summed E-state index contributed by atoms with van der Waals surface area (Å²) in [4.78, 5) is 44.1. The Labute approximate surface area is 263 Å². The maximum Gasteiger partial charge on any atom is 0.410 e. The maximum atomic E-state index is 14.3. The third kappa shape index (κ3) is 8.72. The SMILES string of the molecule is C=CCN(C)S(=O)(=O)c1cccc(C(=O)NC2CN(C(=O)C3(CC=C)CCCN(C(=O)OC(C)(C)C)CC3)CC(C)(C)C2)c1. The summed E-state index contributed by atoms with van der Waals surface area (Å²) in [5, 5.41) is 3.07. The van der Waals surface area contributed by atoms with Crippen LogP contribution in [-0.4, -0.2) is 91.8 Å². The average Bonchev–Trinajstić information content (AvgIpc) is 3.15. The highest BCUT2D eigenvalue weighted by Crippen LogP contribution is 2.40. The van der Waals surface area contributed by atoms with Crippen LogP contribution in [-0.2, 0) is 19.6 Å². The Morgan fingerprint density at radius 3 is 2.45 bits per heavy atom. The van der Waals surface area contributed by atoms with Gasteiger partial charge >= 0.3 is 6.09 Å². The Morgan fingerprint density at radius 1 is 1.11 bits per heavy atom. The van der Waals surface area contributed by atoms with Gasteiger partial charge < -0.3 is 19.9 Å². The molecule has 244 valence electrons. The van der Waals surface area contributed by atoms with Crippen molar-refractivity contribution in [3.05, 3.63) is 55.1 Å². The molecule has 3 rings (SSSR count). The Bertz CT molecular complexity index is 1350. The number of rotatable bonds is 9. The van der Waals surface area contributed by atoms with Crippen molar-refractivity contribution in [2.75, 3.05) is 39.8 Å². The molecule has 2 aliphatic heterocycles. The van der Waals surface area contributed by atoms with Gasteiger partial charge in [-0.1, -0.05) is 32.1 Å². The second kappa shape index (κ2) is 13.9. The minimum atomic E-state index is -3.79. The molecule has 0 spiro atoms. The number of allylic oxidation sites excluding steroid dienone is 1. The van der Waals surface area contributed by atoms with Gasteiger partial charge in [0.25, 0.3) is 5.91 Å². The molecule has 10 nitrogen and oxygen atoms in total. The lowest BCUT2D eigenvalue weighted by molar-refractivity contribution is -0.147. The Balaban J connectivity index is 1.78. The molecule has 0 saturated carbocycles. The second-order valence-electron chi connectivity index (χ2n) is 13.9. The largest absolute Gasteiger partial charge is 0.444 e. The van der Waals surface area contributed by atoms with E-state index in [2.05, 4.69) is 32.3 Å². The zero-order valence-electron chi connectivity index (χ0n) is 27.2. The van der Waals surface area contributed by atoms with E-state index >= 15 is 0 Å². The highest BCUT2D eigenvalue weighted by molar-refractivity contribution is 7.89. The third-order valence-corrected chi connectivity index (χ3v) is 10.1. The Kier molecular flexibility index (Phi) is 11.1. The zero-order valence-corrected chi connectivity index (χ0v) is 28.0. The monoisotopic (exact) mass is 630 g/mol. The van der Waals surface area contributed by atoms with Crippen LogP contribution < -0.4 is 5.32 Å². The van der Waals surface area contributed by atoms with Crippen molar-refractivity contribution in [2.24, 2.45) is 10.8 Å². The van der Waals surface area contributed by atoms with Crippen LogP contribution in [0.2, 0.25) is 0 Å². The molecule has 2 aliphatic rings. The highest BCUT2D eigenvalue weighted by atomic mass is 32.2. The van der Waals surface area contributed by atoms with Crippen molar-refractivity contribution in [1.82, 2.24) is 19.4 Å². The fourth-order valence-electron chi connectivity index (χ4n) is 6.24. The molecule has 0 bridgehead atoms. The van der Waals surface area contributed by atoms with Gasteiger partial charge in [0.15, 0.2) is 0 Å². The first-order valence-electron chi connectivity index (χ1n) is 15.3. The number of likely N-dealkylation sites (tertiary alicyclic amines) is 2. The molecule has 2 unspecified atom stereocenters. The van der Waals surface area contributed by atoms with E-state index in [9.17, 15) is 22.8 Å². The van der Waals surface area contributed by atoms with Crippen LogP contribution in [0.5, 0.6) is 0 Å². The van der Waals surface area contributed by atoms with Crippen molar-refractivity contribution in [2.45, 2.75) is 83.3 Å². The molecule has 1 aromatic rings. The molecular formula is C33H50N4O6S. The summed E-state index contributed by atoms with van der Waals surface area (Å²) in [6, 6.07) is 5.65. The quantitative estimate of drug-likeness (QED) is 0.391. The summed E-state index contributed by atoms with van der Waals surface area (Å²) in [6.45, 7) is 19.1. The number of sulfonamides is 1. The van der Waals surface area contributed by atoms with E-state index in [1.165, 1.54) is 29.6 Å². The van der Waals surface area contributed by atoms with Gasteiger partial charge in [-0.2, -0.15) is 4.31 Å². The molecule has 44 heavy (non-hydrogen) atoms. The summed E-state index contributed by atoms with van der Waals surface area (Å²) >= 11 is 0. The first-order valence-corrected chi connectivity index (χ1v) is 16.7. The van der Waals surface area contributed by atoms with Crippen LogP contribution in [0.3, 0.4) is 0 Å². The van der Waals surface area contributed by atoms with E-state index in [0.29, 0.717) is 58.3 Å². The van der Waals surface area contributed by atoms with Gasteiger partial charge in [0, 0.05) is 51.4 Å². The normalized spacial score (nSPS) is 22.6. The van der Waals surface area contributed by atoms with Gasteiger partial charge in [0.2, 0.25) is 15.9 Å². The van der Waals surface area contributed by atoms with E-state index < -0.39 is 26.9 Å². The number of ether oxygens (including phenoxy) is 1. The number of likely N-dealkylation sites (N-methyl/N-ethyl adjacent to an activating group) is 1. The second-order valence-corrected chi connectivity index (χ2v) is 16.0. The molecule has 0 aliphatic carbocycles. The predicted molar refractivity (Wildman–Crippen MR) is 172 cm³/mol. The number of nitrogens with one attached hydrogen (secondary N) is 1. The fourth-order valence-corrected chi connectivity index (χ4v) is 7.43. The third-order valence-electron chi connectivity index (χ3n) is 8.26. The van der Waals surface area contributed by atoms with Crippen molar-refractivity contribution >= 4 is 27.9 Å². The fraction of sp³-hybridized carbons (Fsp3) is 0.606. The van der Waals surface area contributed by atoms with Crippen molar-refractivity contribution in [3.8, 4) is 0 Å². The first-order chi connectivity index (χ1) is 20.4. The number of hydrogen-bond acceptors (Lipinski definition) is 6. The lowest BCUT2D eigenvalue weighted by Crippen LogP contribution is -2.58. The van der Waals surface area contributed by atoms with Crippen LogP contribution >= 0.6 is 0 Å². The van der Waals surface area contributed by atoms with Crippen molar-refractivity contribution in [1.29, 1.82) is 0 Å². The number of amides is 3. The molecule has 0 aromatic heterocycles. The van der Waals surface area contributed by atoms with Gasteiger partial charge in [-0.3, -0.25) is 9.59 Å². The standard InChI is InChI=1S/C33H50N4O6S/c1-9-15-33(16-12-19-36(20-17-33)30(40)43-31(3,4)5)29(39)37-23-26(22-32(6,7)24-37)34-28(38)25-13-11-14-27(21-25)44(41,42)35(8)18-10-2/h9-11,13-14,21,26H,1-2,12,15-20,22-24H2,3-8H3,(H,34,38). The average molecular weight is 631 g/mol. The lowest BCUT2D eigenvalue weighted by Gasteiger charge is -2.46. The van der Waals surface area contributed by atoms with Crippen molar-refractivity contribution < 1.29 is 27.5 Å². The highest BCUT2D eigenvalue weighted by Gasteiger charge is 2.45. The summed E-state index contributed by atoms with van der Waals surface area (Å²) in [5.41, 5.74) is -1.35. The molecule has 2 saturated heterocycles. The van der Waals surface area contributed by atoms with E-state index in [0.717, 1.165) is 0 Å².